The first-order chi connectivity index (χ1) is 9.49. The first kappa shape index (κ1) is 14.7. The minimum atomic E-state index is -0.853. The van der Waals surface area contributed by atoms with Crippen molar-refractivity contribution in [1.29, 1.82) is 0 Å². The molecule has 108 valence electrons. The molecule has 1 aliphatic rings. The Morgan fingerprint density at radius 1 is 1.25 bits per heavy atom. The van der Waals surface area contributed by atoms with E-state index in [1.54, 1.807) is 11.8 Å². The van der Waals surface area contributed by atoms with Crippen molar-refractivity contribution in [2.24, 2.45) is 0 Å². The van der Waals surface area contributed by atoms with Gasteiger partial charge in [0.15, 0.2) is 0 Å². The molecule has 0 saturated carbocycles. The Labute approximate surface area is 121 Å². The van der Waals surface area contributed by atoms with Gasteiger partial charge in [-0.25, -0.2) is 9.97 Å². The standard InChI is InChI=1S/C12H15ClN4O3/c1-8(12(19)20)16-2-4-17(5-3-16)11(18)9-6-15-10(13)7-14-9/h6-8H,2-5H2,1H3,(H,19,20). The third-order valence-electron chi connectivity index (χ3n) is 3.35. The third kappa shape index (κ3) is 3.23. The van der Waals surface area contributed by atoms with Gasteiger partial charge >= 0.3 is 5.97 Å². The highest BCUT2D eigenvalue weighted by atomic mass is 35.5. The number of carboxylic acid groups (broad SMARTS) is 1. The zero-order chi connectivity index (χ0) is 14.7. The van der Waals surface area contributed by atoms with Crippen molar-refractivity contribution in [1.82, 2.24) is 19.8 Å². The quantitative estimate of drug-likeness (QED) is 0.867. The van der Waals surface area contributed by atoms with Gasteiger partial charge in [-0.15, -0.1) is 0 Å². The summed E-state index contributed by atoms with van der Waals surface area (Å²) >= 11 is 5.62. The Balaban J connectivity index is 1.95. The SMILES string of the molecule is CC(C(=O)O)N1CCN(C(=O)c2cnc(Cl)cn2)CC1. The molecule has 2 rings (SSSR count). The number of rotatable bonds is 3. The van der Waals surface area contributed by atoms with Gasteiger partial charge in [-0.1, -0.05) is 11.6 Å². The summed E-state index contributed by atoms with van der Waals surface area (Å²) in [5.41, 5.74) is 0.245. The van der Waals surface area contributed by atoms with E-state index in [0.717, 1.165) is 0 Å². The van der Waals surface area contributed by atoms with Crippen LogP contribution in [0.4, 0.5) is 0 Å². The molecule has 8 heteroatoms. The van der Waals surface area contributed by atoms with Gasteiger partial charge in [-0.3, -0.25) is 14.5 Å². The van der Waals surface area contributed by atoms with E-state index in [4.69, 9.17) is 16.7 Å². The van der Waals surface area contributed by atoms with E-state index in [0.29, 0.717) is 26.2 Å². The van der Waals surface area contributed by atoms with Crippen molar-refractivity contribution in [3.63, 3.8) is 0 Å². The van der Waals surface area contributed by atoms with E-state index in [1.165, 1.54) is 12.4 Å². The molecule has 1 saturated heterocycles. The second kappa shape index (κ2) is 6.15. The molecule has 0 spiro atoms. The number of halogens is 1. The zero-order valence-corrected chi connectivity index (χ0v) is 11.7. The number of carboxylic acids is 1. The van der Waals surface area contributed by atoms with E-state index >= 15 is 0 Å². The fourth-order valence-electron chi connectivity index (χ4n) is 2.05. The van der Waals surface area contributed by atoms with Crippen LogP contribution in [0.25, 0.3) is 0 Å². The minimum absolute atomic E-state index is 0.211. The Kier molecular flexibility index (Phi) is 4.51. The van der Waals surface area contributed by atoms with E-state index in [1.807, 2.05) is 4.90 Å². The number of aromatic nitrogens is 2. The van der Waals surface area contributed by atoms with E-state index in [2.05, 4.69) is 9.97 Å². The van der Waals surface area contributed by atoms with Crippen LogP contribution in [0, 0.1) is 0 Å². The molecular formula is C12H15ClN4O3. The number of hydrogen-bond donors (Lipinski definition) is 1. The molecule has 1 atom stereocenters. The highest BCUT2D eigenvalue weighted by Crippen LogP contribution is 2.10. The zero-order valence-electron chi connectivity index (χ0n) is 11.0. The topological polar surface area (TPSA) is 86.6 Å². The summed E-state index contributed by atoms with van der Waals surface area (Å²) in [7, 11) is 0. The molecule has 0 aromatic carbocycles. The molecule has 1 aromatic heterocycles. The van der Waals surface area contributed by atoms with Gasteiger partial charge in [0.05, 0.1) is 12.4 Å². The smallest absolute Gasteiger partial charge is 0.320 e. The first-order valence-electron chi connectivity index (χ1n) is 6.22. The molecule has 0 bridgehead atoms. The molecule has 1 amide bonds. The number of nitrogens with zero attached hydrogens (tertiary/aromatic N) is 4. The lowest BCUT2D eigenvalue weighted by atomic mass is 10.2. The van der Waals surface area contributed by atoms with Gasteiger partial charge in [0.25, 0.3) is 5.91 Å². The number of amides is 1. The summed E-state index contributed by atoms with van der Waals surface area (Å²) in [6.45, 7) is 3.65. The second-order valence-corrected chi connectivity index (χ2v) is 4.95. The predicted molar refractivity (Wildman–Crippen MR) is 71.6 cm³/mol. The summed E-state index contributed by atoms with van der Waals surface area (Å²) in [4.78, 5) is 34.3. The van der Waals surface area contributed by atoms with Gasteiger partial charge in [-0.05, 0) is 6.92 Å². The number of aliphatic carboxylic acids is 1. The largest absolute Gasteiger partial charge is 0.480 e. The van der Waals surface area contributed by atoms with Crippen LogP contribution in [0.2, 0.25) is 5.15 Å². The monoisotopic (exact) mass is 298 g/mol. The molecule has 0 aliphatic carbocycles. The van der Waals surface area contributed by atoms with Crippen LogP contribution < -0.4 is 0 Å². The third-order valence-corrected chi connectivity index (χ3v) is 3.54. The summed E-state index contributed by atoms with van der Waals surface area (Å²) < 4.78 is 0. The fraction of sp³-hybridized carbons (Fsp3) is 0.500. The highest BCUT2D eigenvalue weighted by molar-refractivity contribution is 6.29. The molecule has 0 radical (unpaired) electrons. The summed E-state index contributed by atoms with van der Waals surface area (Å²) in [5, 5.41) is 9.20. The van der Waals surface area contributed by atoms with Crippen LogP contribution in [0.3, 0.4) is 0 Å². The van der Waals surface area contributed by atoms with Crippen molar-refractivity contribution < 1.29 is 14.7 Å². The molecular weight excluding hydrogens is 284 g/mol. The van der Waals surface area contributed by atoms with Crippen molar-refractivity contribution in [2.75, 3.05) is 26.2 Å². The maximum Gasteiger partial charge on any atom is 0.320 e. The number of hydrogen-bond acceptors (Lipinski definition) is 5. The Bertz CT molecular complexity index is 500. The van der Waals surface area contributed by atoms with Crippen LogP contribution in [0.1, 0.15) is 17.4 Å². The van der Waals surface area contributed by atoms with Crippen molar-refractivity contribution in [3.8, 4) is 0 Å². The van der Waals surface area contributed by atoms with Crippen LogP contribution in [-0.2, 0) is 4.79 Å². The van der Waals surface area contributed by atoms with Crippen LogP contribution in [0.15, 0.2) is 12.4 Å². The Morgan fingerprint density at radius 2 is 1.90 bits per heavy atom. The first-order valence-corrected chi connectivity index (χ1v) is 6.60. The van der Waals surface area contributed by atoms with Gasteiger partial charge in [0.2, 0.25) is 0 Å². The summed E-state index contributed by atoms with van der Waals surface area (Å²) in [6.07, 6.45) is 2.68. The molecule has 1 fully saturated rings. The normalized spacial score (nSPS) is 17.8. The molecule has 1 N–H and O–H groups in total. The lowest BCUT2D eigenvalue weighted by Gasteiger charge is -2.36. The lowest BCUT2D eigenvalue weighted by molar-refractivity contribution is -0.143. The maximum atomic E-state index is 12.2. The Hall–Kier alpha value is -1.73. The molecule has 1 aromatic rings. The van der Waals surface area contributed by atoms with Gasteiger partial charge in [-0.2, -0.15) is 0 Å². The van der Waals surface area contributed by atoms with Gasteiger partial charge in [0.1, 0.15) is 16.9 Å². The molecule has 2 heterocycles. The average molecular weight is 299 g/mol. The molecule has 1 aliphatic heterocycles. The number of carbonyl (C=O) groups is 2. The van der Waals surface area contributed by atoms with Crippen molar-refractivity contribution >= 4 is 23.5 Å². The minimum Gasteiger partial charge on any atom is -0.480 e. The van der Waals surface area contributed by atoms with Gasteiger partial charge in [0, 0.05) is 26.2 Å². The van der Waals surface area contributed by atoms with Crippen LogP contribution >= 0.6 is 11.6 Å². The average Bonchev–Trinajstić information content (AvgIpc) is 2.46. The van der Waals surface area contributed by atoms with Gasteiger partial charge < -0.3 is 10.0 Å². The molecule has 7 nitrogen and oxygen atoms in total. The second-order valence-electron chi connectivity index (χ2n) is 4.57. The molecule has 1 unspecified atom stereocenters. The van der Waals surface area contributed by atoms with E-state index < -0.39 is 12.0 Å². The number of carbonyl (C=O) groups excluding carboxylic acids is 1. The summed E-state index contributed by atoms with van der Waals surface area (Å²) in [5.74, 6) is -1.06. The number of piperazine rings is 1. The van der Waals surface area contributed by atoms with Crippen LogP contribution in [0.5, 0.6) is 0 Å². The van der Waals surface area contributed by atoms with Crippen molar-refractivity contribution in [3.05, 3.63) is 23.2 Å². The predicted octanol–water partition coefficient (Wildman–Crippen LogP) is 0.361. The fourth-order valence-corrected chi connectivity index (χ4v) is 2.15. The maximum absolute atomic E-state index is 12.2. The summed E-state index contributed by atoms with van der Waals surface area (Å²) in [6, 6.07) is -0.539. The highest BCUT2D eigenvalue weighted by Gasteiger charge is 2.28. The Morgan fingerprint density at radius 3 is 2.40 bits per heavy atom. The van der Waals surface area contributed by atoms with E-state index in [-0.39, 0.29) is 16.8 Å². The molecule has 20 heavy (non-hydrogen) atoms. The van der Waals surface area contributed by atoms with Crippen molar-refractivity contribution in [2.45, 2.75) is 13.0 Å². The lowest BCUT2D eigenvalue weighted by Crippen LogP contribution is -2.53. The van der Waals surface area contributed by atoms with Crippen LogP contribution in [-0.4, -0.2) is 69.0 Å². The van der Waals surface area contributed by atoms with E-state index in [9.17, 15) is 9.59 Å².